The van der Waals surface area contributed by atoms with Gasteiger partial charge in [0.15, 0.2) is 16.6 Å². The first-order valence-electron chi connectivity index (χ1n) is 11.0. The monoisotopic (exact) mass is 474 g/mol. The number of allylic oxidation sites excluding steroid dienone is 1. The number of carbonyl (C=O) groups is 1. The molecule has 0 aliphatic carbocycles. The third kappa shape index (κ3) is 5.52. The van der Waals surface area contributed by atoms with Crippen molar-refractivity contribution < 1.29 is 14.3 Å². The summed E-state index contributed by atoms with van der Waals surface area (Å²) in [5.74, 6) is 1.43. The predicted octanol–water partition coefficient (Wildman–Crippen LogP) is 4.49. The van der Waals surface area contributed by atoms with Crippen LogP contribution >= 0.6 is 12.2 Å². The van der Waals surface area contributed by atoms with E-state index < -0.39 is 6.04 Å². The van der Waals surface area contributed by atoms with Crippen LogP contribution in [0.3, 0.4) is 0 Å². The summed E-state index contributed by atoms with van der Waals surface area (Å²) in [6.45, 7) is 4.65. The normalized spacial score (nSPS) is 15.2. The fourth-order valence-corrected chi connectivity index (χ4v) is 3.96. The molecule has 0 fully saturated rings. The first kappa shape index (κ1) is 23.3. The Labute approximate surface area is 204 Å². The van der Waals surface area contributed by atoms with Gasteiger partial charge in [-0.2, -0.15) is 0 Å². The van der Waals surface area contributed by atoms with Gasteiger partial charge in [0.05, 0.1) is 18.2 Å². The summed E-state index contributed by atoms with van der Waals surface area (Å²) in [6, 6.07) is 20.5. The molecule has 0 radical (unpaired) electrons. The summed E-state index contributed by atoms with van der Waals surface area (Å²) in [5, 5.41) is 9.56. The molecule has 34 heavy (non-hydrogen) atoms. The number of rotatable bonds is 8. The number of nitrogens with zero attached hydrogens (tertiary/aromatic N) is 1. The van der Waals surface area contributed by atoms with Gasteiger partial charge >= 0.3 is 0 Å². The SMILES string of the molecule is CCOc1cc([C@@H]2NC(=S)NC(C)=C2C(=O)Nc2ccccn2)ccc1OCc1ccccc1. The molecule has 1 aromatic heterocycles. The van der Waals surface area contributed by atoms with Crippen LogP contribution in [0.4, 0.5) is 5.82 Å². The summed E-state index contributed by atoms with van der Waals surface area (Å²) >= 11 is 5.38. The van der Waals surface area contributed by atoms with Crippen LogP contribution in [-0.4, -0.2) is 22.6 Å². The molecular weight excluding hydrogens is 448 g/mol. The summed E-state index contributed by atoms with van der Waals surface area (Å²) in [7, 11) is 0. The van der Waals surface area contributed by atoms with Crippen LogP contribution in [0.15, 0.2) is 84.2 Å². The van der Waals surface area contributed by atoms with Gasteiger partial charge in [-0.3, -0.25) is 4.79 Å². The largest absolute Gasteiger partial charge is 0.490 e. The maximum absolute atomic E-state index is 13.2. The van der Waals surface area contributed by atoms with Crippen molar-refractivity contribution in [1.82, 2.24) is 15.6 Å². The molecule has 0 saturated heterocycles. The van der Waals surface area contributed by atoms with E-state index in [-0.39, 0.29) is 5.91 Å². The van der Waals surface area contributed by atoms with E-state index in [1.807, 2.05) is 68.4 Å². The van der Waals surface area contributed by atoms with E-state index in [2.05, 4.69) is 20.9 Å². The van der Waals surface area contributed by atoms with E-state index in [1.165, 1.54) is 0 Å². The first-order chi connectivity index (χ1) is 16.5. The molecule has 3 aromatic rings. The van der Waals surface area contributed by atoms with Gasteiger partial charge in [-0.15, -0.1) is 0 Å². The van der Waals surface area contributed by atoms with Gasteiger partial charge in [0.1, 0.15) is 12.4 Å². The summed E-state index contributed by atoms with van der Waals surface area (Å²) in [4.78, 5) is 17.4. The zero-order valence-electron chi connectivity index (χ0n) is 19.0. The van der Waals surface area contributed by atoms with Crippen molar-refractivity contribution in [2.24, 2.45) is 0 Å². The number of nitrogens with one attached hydrogen (secondary N) is 3. The molecule has 1 amide bonds. The van der Waals surface area contributed by atoms with Gasteiger partial charge < -0.3 is 25.4 Å². The molecule has 0 unspecified atom stereocenters. The molecule has 0 spiro atoms. The number of anilines is 1. The van der Waals surface area contributed by atoms with Crippen molar-refractivity contribution in [3.63, 3.8) is 0 Å². The number of amides is 1. The lowest BCUT2D eigenvalue weighted by Crippen LogP contribution is -2.45. The predicted molar refractivity (Wildman–Crippen MR) is 136 cm³/mol. The molecule has 2 heterocycles. The number of hydrogen-bond donors (Lipinski definition) is 3. The summed E-state index contributed by atoms with van der Waals surface area (Å²) in [5.41, 5.74) is 3.07. The minimum atomic E-state index is -0.472. The molecule has 0 saturated carbocycles. The number of thiocarbonyl (C=S) groups is 1. The Kier molecular flexibility index (Phi) is 7.39. The topological polar surface area (TPSA) is 84.5 Å². The van der Waals surface area contributed by atoms with E-state index in [0.29, 0.717) is 46.9 Å². The Bertz CT molecular complexity index is 1200. The zero-order valence-corrected chi connectivity index (χ0v) is 19.8. The maximum atomic E-state index is 13.2. The average Bonchev–Trinajstić information content (AvgIpc) is 2.84. The van der Waals surface area contributed by atoms with Crippen molar-refractivity contribution in [1.29, 1.82) is 0 Å². The van der Waals surface area contributed by atoms with Crippen LogP contribution in [0.25, 0.3) is 0 Å². The van der Waals surface area contributed by atoms with Crippen LogP contribution in [0.1, 0.15) is 31.0 Å². The molecule has 2 aromatic carbocycles. The standard InChI is InChI=1S/C26H26N4O3S/c1-3-32-21-15-19(12-13-20(21)33-16-18-9-5-4-6-10-18)24-23(17(2)28-26(34)30-24)25(31)29-22-11-7-8-14-27-22/h4-15,24H,3,16H2,1-2H3,(H,27,29,31)(H2,28,30,34)/t24-/m0/s1. The number of carbonyl (C=O) groups excluding carboxylic acids is 1. The second-order valence-corrected chi connectivity index (χ2v) is 8.06. The van der Waals surface area contributed by atoms with Crippen molar-refractivity contribution in [2.75, 3.05) is 11.9 Å². The van der Waals surface area contributed by atoms with Crippen LogP contribution in [0, 0.1) is 0 Å². The Morgan fingerprint density at radius 3 is 2.59 bits per heavy atom. The van der Waals surface area contributed by atoms with Crippen molar-refractivity contribution in [2.45, 2.75) is 26.5 Å². The lowest BCUT2D eigenvalue weighted by Gasteiger charge is -2.30. The molecule has 7 nitrogen and oxygen atoms in total. The van der Waals surface area contributed by atoms with Crippen molar-refractivity contribution in [3.05, 3.63) is 95.3 Å². The minimum absolute atomic E-state index is 0.272. The third-order valence-electron chi connectivity index (χ3n) is 5.26. The lowest BCUT2D eigenvalue weighted by molar-refractivity contribution is -0.113. The van der Waals surface area contributed by atoms with Gasteiger partial charge in [-0.1, -0.05) is 42.5 Å². The van der Waals surface area contributed by atoms with E-state index in [0.717, 1.165) is 11.1 Å². The average molecular weight is 475 g/mol. The first-order valence-corrected chi connectivity index (χ1v) is 11.4. The Hall–Kier alpha value is -3.91. The number of hydrogen-bond acceptors (Lipinski definition) is 5. The third-order valence-corrected chi connectivity index (χ3v) is 5.48. The second-order valence-electron chi connectivity index (χ2n) is 7.65. The molecule has 0 bridgehead atoms. The molecule has 4 rings (SSSR count). The molecular formula is C26H26N4O3S. The maximum Gasteiger partial charge on any atom is 0.256 e. The molecule has 1 atom stereocenters. The quantitative estimate of drug-likeness (QED) is 0.415. The smallest absolute Gasteiger partial charge is 0.256 e. The van der Waals surface area contributed by atoms with Gasteiger partial charge in [0, 0.05) is 11.9 Å². The summed E-state index contributed by atoms with van der Waals surface area (Å²) < 4.78 is 11.9. The number of ether oxygens (including phenoxy) is 2. The fourth-order valence-electron chi connectivity index (χ4n) is 3.69. The van der Waals surface area contributed by atoms with Gasteiger partial charge in [-0.25, -0.2) is 4.98 Å². The van der Waals surface area contributed by atoms with Gasteiger partial charge in [0.2, 0.25) is 0 Å². The highest BCUT2D eigenvalue weighted by Gasteiger charge is 2.30. The number of pyridine rings is 1. The second kappa shape index (κ2) is 10.8. The Morgan fingerprint density at radius 1 is 1.06 bits per heavy atom. The molecule has 3 N–H and O–H groups in total. The van der Waals surface area contributed by atoms with Crippen LogP contribution < -0.4 is 25.4 Å². The highest BCUT2D eigenvalue weighted by molar-refractivity contribution is 7.80. The van der Waals surface area contributed by atoms with Crippen LogP contribution in [-0.2, 0) is 11.4 Å². The Balaban J connectivity index is 1.62. The lowest BCUT2D eigenvalue weighted by atomic mass is 9.94. The summed E-state index contributed by atoms with van der Waals surface area (Å²) in [6.07, 6.45) is 1.63. The minimum Gasteiger partial charge on any atom is -0.490 e. The molecule has 1 aliphatic rings. The highest BCUT2D eigenvalue weighted by Crippen LogP contribution is 2.35. The number of benzene rings is 2. The molecule has 174 valence electrons. The van der Waals surface area contributed by atoms with E-state index in [9.17, 15) is 4.79 Å². The van der Waals surface area contributed by atoms with Crippen molar-refractivity contribution >= 4 is 29.1 Å². The molecule has 8 heteroatoms. The van der Waals surface area contributed by atoms with Gasteiger partial charge in [0.25, 0.3) is 5.91 Å². The van der Waals surface area contributed by atoms with E-state index >= 15 is 0 Å². The zero-order chi connectivity index (χ0) is 23.9. The van der Waals surface area contributed by atoms with E-state index in [4.69, 9.17) is 21.7 Å². The van der Waals surface area contributed by atoms with E-state index in [1.54, 1.807) is 18.3 Å². The van der Waals surface area contributed by atoms with Crippen LogP contribution in [0.5, 0.6) is 11.5 Å². The highest BCUT2D eigenvalue weighted by atomic mass is 32.1. The molecule has 1 aliphatic heterocycles. The van der Waals surface area contributed by atoms with Gasteiger partial charge in [-0.05, 0) is 61.5 Å². The van der Waals surface area contributed by atoms with Crippen LogP contribution in [0.2, 0.25) is 0 Å². The fraction of sp³-hybridized carbons (Fsp3) is 0.192. The van der Waals surface area contributed by atoms with Crippen molar-refractivity contribution in [3.8, 4) is 11.5 Å². The number of aromatic nitrogens is 1. The Morgan fingerprint density at radius 2 is 1.85 bits per heavy atom.